The Bertz CT molecular complexity index is 1070. The molecular formula is C22H20N2S. The Balaban J connectivity index is 1.73. The molecular weight excluding hydrogens is 324 g/mol. The monoisotopic (exact) mass is 344 g/mol. The Morgan fingerprint density at radius 3 is 2.72 bits per heavy atom. The molecule has 0 bridgehead atoms. The summed E-state index contributed by atoms with van der Waals surface area (Å²) in [5, 5.41) is 1.23. The third-order valence-electron chi connectivity index (χ3n) is 5.36. The van der Waals surface area contributed by atoms with Gasteiger partial charge in [0.05, 0.1) is 15.9 Å². The standard InChI is InChI=1S/C22H20N2S/c1-14-10-16(15-6-2-3-7-15)12-17(11-14)20-22-21(24-13-23-20)18-8-4-5-9-19(18)25-22/h4-5,8-13,15H,2-3,6-7H2,1H3. The average molecular weight is 344 g/mol. The van der Waals surface area contributed by atoms with Gasteiger partial charge in [0.25, 0.3) is 0 Å². The van der Waals surface area contributed by atoms with Gasteiger partial charge in [-0.15, -0.1) is 11.3 Å². The quantitative estimate of drug-likeness (QED) is 0.416. The second-order valence-electron chi connectivity index (χ2n) is 7.11. The van der Waals surface area contributed by atoms with Crippen molar-refractivity contribution in [3.8, 4) is 11.3 Å². The molecule has 1 aliphatic carbocycles. The van der Waals surface area contributed by atoms with E-state index in [0.29, 0.717) is 0 Å². The molecule has 0 aliphatic heterocycles. The lowest BCUT2D eigenvalue weighted by molar-refractivity contribution is 0.723. The molecule has 0 saturated heterocycles. The first-order valence-electron chi connectivity index (χ1n) is 9.04. The number of aryl methyl sites for hydroxylation is 1. The molecule has 2 aromatic carbocycles. The molecule has 0 unspecified atom stereocenters. The van der Waals surface area contributed by atoms with Crippen LogP contribution in [0.4, 0.5) is 0 Å². The molecule has 2 heterocycles. The van der Waals surface area contributed by atoms with Gasteiger partial charge in [-0.25, -0.2) is 9.97 Å². The number of aromatic nitrogens is 2. The Morgan fingerprint density at radius 1 is 1.00 bits per heavy atom. The van der Waals surface area contributed by atoms with Crippen LogP contribution in [0.2, 0.25) is 0 Å². The summed E-state index contributed by atoms with van der Waals surface area (Å²) < 4.78 is 2.48. The van der Waals surface area contributed by atoms with E-state index in [1.165, 1.54) is 57.2 Å². The largest absolute Gasteiger partial charge is 0.235 e. The second-order valence-corrected chi connectivity index (χ2v) is 8.16. The lowest BCUT2D eigenvalue weighted by Gasteiger charge is -2.13. The first-order chi connectivity index (χ1) is 12.3. The van der Waals surface area contributed by atoms with Crippen LogP contribution in [0.3, 0.4) is 0 Å². The summed E-state index contributed by atoms with van der Waals surface area (Å²) >= 11 is 1.80. The van der Waals surface area contributed by atoms with E-state index in [1.54, 1.807) is 17.7 Å². The highest BCUT2D eigenvalue weighted by Gasteiger charge is 2.19. The summed E-state index contributed by atoms with van der Waals surface area (Å²) in [5.41, 5.74) is 6.21. The van der Waals surface area contributed by atoms with Crippen molar-refractivity contribution in [2.45, 2.75) is 38.5 Å². The first-order valence-corrected chi connectivity index (χ1v) is 9.85. The lowest BCUT2D eigenvalue weighted by Crippen LogP contribution is -1.95. The summed E-state index contributed by atoms with van der Waals surface area (Å²) in [5.74, 6) is 0.721. The Labute approximate surface area is 151 Å². The number of hydrogen-bond donors (Lipinski definition) is 0. The van der Waals surface area contributed by atoms with Crippen molar-refractivity contribution < 1.29 is 0 Å². The van der Waals surface area contributed by atoms with Crippen LogP contribution in [0.1, 0.15) is 42.7 Å². The zero-order chi connectivity index (χ0) is 16.8. The van der Waals surface area contributed by atoms with Gasteiger partial charge in [0.2, 0.25) is 0 Å². The number of rotatable bonds is 2. The number of benzene rings is 2. The minimum absolute atomic E-state index is 0.721. The van der Waals surface area contributed by atoms with Crippen LogP contribution in [0, 0.1) is 6.92 Å². The van der Waals surface area contributed by atoms with E-state index in [0.717, 1.165) is 17.1 Å². The van der Waals surface area contributed by atoms with Crippen molar-refractivity contribution in [2.75, 3.05) is 0 Å². The van der Waals surface area contributed by atoms with Crippen LogP contribution in [0.15, 0.2) is 48.8 Å². The number of thiophene rings is 1. The molecule has 124 valence electrons. The molecule has 25 heavy (non-hydrogen) atoms. The zero-order valence-electron chi connectivity index (χ0n) is 14.3. The summed E-state index contributed by atoms with van der Waals surface area (Å²) in [4.78, 5) is 9.26. The van der Waals surface area contributed by atoms with Crippen molar-refractivity contribution in [3.05, 3.63) is 59.9 Å². The minimum Gasteiger partial charge on any atom is -0.235 e. The van der Waals surface area contributed by atoms with Crippen LogP contribution in [0.5, 0.6) is 0 Å². The van der Waals surface area contributed by atoms with Gasteiger partial charge >= 0.3 is 0 Å². The molecule has 1 aliphatic rings. The van der Waals surface area contributed by atoms with E-state index >= 15 is 0 Å². The van der Waals surface area contributed by atoms with Crippen LogP contribution < -0.4 is 0 Å². The van der Waals surface area contributed by atoms with Crippen molar-refractivity contribution in [3.63, 3.8) is 0 Å². The normalized spacial score (nSPS) is 15.4. The molecule has 5 rings (SSSR count). The SMILES string of the molecule is Cc1cc(-c2ncnc3c2sc2ccccc23)cc(C2CCCC2)c1. The van der Waals surface area contributed by atoms with Gasteiger partial charge < -0.3 is 0 Å². The molecule has 3 heteroatoms. The van der Waals surface area contributed by atoms with Crippen molar-refractivity contribution in [1.29, 1.82) is 0 Å². The number of hydrogen-bond acceptors (Lipinski definition) is 3. The van der Waals surface area contributed by atoms with Crippen molar-refractivity contribution in [2.24, 2.45) is 0 Å². The summed E-state index contributed by atoms with van der Waals surface area (Å²) in [7, 11) is 0. The van der Waals surface area contributed by atoms with Gasteiger partial charge in [-0.2, -0.15) is 0 Å². The predicted molar refractivity (Wildman–Crippen MR) is 106 cm³/mol. The highest BCUT2D eigenvalue weighted by Crippen LogP contribution is 2.40. The van der Waals surface area contributed by atoms with E-state index in [4.69, 9.17) is 0 Å². The Kier molecular flexibility index (Phi) is 3.56. The highest BCUT2D eigenvalue weighted by molar-refractivity contribution is 7.26. The molecule has 1 saturated carbocycles. The molecule has 2 aromatic heterocycles. The summed E-state index contributed by atoms with van der Waals surface area (Å²) in [6.07, 6.45) is 7.09. The van der Waals surface area contributed by atoms with Crippen LogP contribution >= 0.6 is 11.3 Å². The molecule has 2 nitrogen and oxygen atoms in total. The number of nitrogens with zero attached hydrogens (tertiary/aromatic N) is 2. The highest BCUT2D eigenvalue weighted by atomic mass is 32.1. The molecule has 0 atom stereocenters. The van der Waals surface area contributed by atoms with E-state index in [1.807, 2.05) is 0 Å². The molecule has 4 aromatic rings. The van der Waals surface area contributed by atoms with Crippen molar-refractivity contribution in [1.82, 2.24) is 9.97 Å². The average Bonchev–Trinajstić information content (AvgIpc) is 3.29. The fourth-order valence-electron chi connectivity index (χ4n) is 4.17. The smallest absolute Gasteiger partial charge is 0.116 e. The molecule has 0 radical (unpaired) electrons. The Morgan fingerprint density at radius 2 is 1.84 bits per heavy atom. The summed E-state index contributed by atoms with van der Waals surface area (Å²) in [6.45, 7) is 2.20. The van der Waals surface area contributed by atoms with Gasteiger partial charge in [-0.05, 0) is 49.4 Å². The van der Waals surface area contributed by atoms with Gasteiger partial charge in [0.15, 0.2) is 0 Å². The fourth-order valence-corrected chi connectivity index (χ4v) is 5.34. The molecule has 0 amide bonds. The van der Waals surface area contributed by atoms with Gasteiger partial charge in [-0.1, -0.05) is 42.7 Å². The van der Waals surface area contributed by atoms with Crippen LogP contribution in [0.25, 0.3) is 31.6 Å². The van der Waals surface area contributed by atoms with Crippen molar-refractivity contribution >= 4 is 31.6 Å². The molecule has 0 spiro atoms. The first kappa shape index (κ1) is 15.0. The van der Waals surface area contributed by atoms with E-state index in [9.17, 15) is 0 Å². The predicted octanol–water partition coefficient (Wildman–Crippen LogP) is 6.48. The number of fused-ring (bicyclic) bond motifs is 3. The van der Waals surface area contributed by atoms with Crippen LogP contribution in [-0.2, 0) is 0 Å². The fraction of sp³-hybridized carbons (Fsp3) is 0.273. The third-order valence-corrected chi connectivity index (χ3v) is 6.52. The minimum atomic E-state index is 0.721. The van der Waals surface area contributed by atoms with E-state index in [-0.39, 0.29) is 0 Å². The zero-order valence-corrected chi connectivity index (χ0v) is 15.1. The van der Waals surface area contributed by atoms with Gasteiger partial charge in [-0.3, -0.25) is 0 Å². The maximum Gasteiger partial charge on any atom is 0.116 e. The summed E-state index contributed by atoms with van der Waals surface area (Å²) in [6, 6.07) is 15.5. The van der Waals surface area contributed by atoms with Crippen LogP contribution in [-0.4, -0.2) is 9.97 Å². The molecule has 1 fully saturated rings. The van der Waals surface area contributed by atoms with E-state index in [2.05, 4.69) is 59.4 Å². The topological polar surface area (TPSA) is 25.8 Å². The maximum atomic E-state index is 4.68. The Hall–Kier alpha value is -2.26. The van der Waals surface area contributed by atoms with Gasteiger partial charge in [0.1, 0.15) is 6.33 Å². The second kappa shape index (κ2) is 5.92. The van der Waals surface area contributed by atoms with E-state index < -0.39 is 0 Å². The maximum absolute atomic E-state index is 4.68. The molecule has 0 N–H and O–H groups in total. The third kappa shape index (κ3) is 2.54. The lowest BCUT2D eigenvalue weighted by atomic mass is 9.93. The van der Waals surface area contributed by atoms with Gasteiger partial charge in [0, 0.05) is 15.6 Å².